The van der Waals surface area contributed by atoms with Crippen molar-refractivity contribution in [2.24, 2.45) is 0 Å². The summed E-state index contributed by atoms with van der Waals surface area (Å²) in [5.74, 6) is 6.28. The summed E-state index contributed by atoms with van der Waals surface area (Å²) in [5.41, 5.74) is 3.74. The maximum absolute atomic E-state index is 3.18. The lowest BCUT2D eigenvalue weighted by Crippen LogP contribution is -1.85. The molecule has 0 atom stereocenters. The van der Waals surface area contributed by atoms with E-state index in [9.17, 15) is 0 Å². The first-order chi connectivity index (χ1) is 5.75. The second kappa shape index (κ2) is 3.97. The molecule has 0 saturated heterocycles. The van der Waals surface area contributed by atoms with Gasteiger partial charge in [0, 0.05) is 12.0 Å². The minimum Gasteiger partial charge on any atom is -0.0982 e. The zero-order valence-electron chi connectivity index (χ0n) is 7.94. The molecule has 1 rings (SSSR count). The van der Waals surface area contributed by atoms with Crippen LogP contribution in [0.15, 0.2) is 18.2 Å². The number of hydrogen-bond donors (Lipinski definition) is 0. The highest BCUT2D eigenvalue weighted by Crippen LogP contribution is 2.11. The fourth-order valence-electron chi connectivity index (χ4n) is 1.19. The Kier molecular flexibility index (Phi) is 2.94. The van der Waals surface area contributed by atoms with Gasteiger partial charge in [-0.1, -0.05) is 37.0 Å². The van der Waals surface area contributed by atoms with E-state index in [0.29, 0.717) is 0 Å². The molecule has 0 aromatic heterocycles. The highest BCUT2D eigenvalue weighted by molar-refractivity contribution is 5.46. The molecule has 0 nitrogen and oxygen atoms in total. The van der Waals surface area contributed by atoms with Crippen LogP contribution in [-0.4, -0.2) is 0 Å². The van der Waals surface area contributed by atoms with E-state index in [1.54, 1.807) is 0 Å². The molecule has 0 bridgehead atoms. The smallest absolute Gasteiger partial charge is 0.0303 e. The predicted molar refractivity (Wildman–Crippen MR) is 53.1 cm³/mol. The van der Waals surface area contributed by atoms with E-state index < -0.39 is 0 Å². The third-order valence-corrected chi connectivity index (χ3v) is 1.87. The Hall–Kier alpha value is -1.22. The van der Waals surface area contributed by atoms with Gasteiger partial charge in [0.1, 0.15) is 0 Å². The molecule has 0 heterocycles. The van der Waals surface area contributed by atoms with Crippen molar-refractivity contribution in [1.82, 2.24) is 0 Å². The molecule has 0 spiro atoms. The normalized spacial score (nSPS) is 8.92. The summed E-state index contributed by atoms with van der Waals surface area (Å²) in [6.07, 6.45) is 0.924. The Bertz CT molecular complexity index is 303. The topological polar surface area (TPSA) is 0 Å². The average molecular weight is 158 g/mol. The number of rotatable bonds is 0. The van der Waals surface area contributed by atoms with E-state index in [1.807, 2.05) is 0 Å². The molecule has 0 heteroatoms. The van der Waals surface area contributed by atoms with Gasteiger partial charge in [-0.05, 0) is 25.0 Å². The van der Waals surface area contributed by atoms with Crippen molar-refractivity contribution in [3.8, 4) is 11.8 Å². The van der Waals surface area contributed by atoms with Gasteiger partial charge in [0.15, 0.2) is 0 Å². The van der Waals surface area contributed by atoms with Crippen molar-refractivity contribution in [1.29, 1.82) is 0 Å². The lowest BCUT2D eigenvalue weighted by atomic mass is 10.0. The molecule has 12 heavy (non-hydrogen) atoms. The SMILES string of the molecule is CCC#Cc1c(C)cccc1C. The Balaban J connectivity index is 3.13. The quantitative estimate of drug-likeness (QED) is 0.509. The molecule has 62 valence electrons. The summed E-state index contributed by atoms with van der Waals surface area (Å²) < 4.78 is 0. The van der Waals surface area contributed by atoms with Crippen molar-refractivity contribution < 1.29 is 0 Å². The monoisotopic (exact) mass is 158 g/mol. The van der Waals surface area contributed by atoms with Crippen LogP contribution in [0.5, 0.6) is 0 Å². The van der Waals surface area contributed by atoms with Crippen LogP contribution in [-0.2, 0) is 0 Å². The fraction of sp³-hybridized carbons (Fsp3) is 0.333. The summed E-state index contributed by atoms with van der Waals surface area (Å²) >= 11 is 0. The van der Waals surface area contributed by atoms with E-state index in [4.69, 9.17) is 0 Å². The Morgan fingerprint density at radius 2 is 1.75 bits per heavy atom. The van der Waals surface area contributed by atoms with Crippen LogP contribution >= 0.6 is 0 Å². The third-order valence-electron chi connectivity index (χ3n) is 1.87. The highest BCUT2D eigenvalue weighted by atomic mass is 14.0. The standard InChI is InChI=1S/C12H14/c1-4-5-9-12-10(2)7-6-8-11(12)3/h6-8H,4H2,1-3H3. The van der Waals surface area contributed by atoms with Crippen LogP contribution in [0.3, 0.4) is 0 Å². The molecule has 0 amide bonds. The first-order valence-electron chi connectivity index (χ1n) is 4.30. The zero-order chi connectivity index (χ0) is 8.97. The second-order valence-corrected chi connectivity index (χ2v) is 2.92. The van der Waals surface area contributed by atoms with Gasteiger partial charge in [-0.25, -0.2) is 0 Å². The molecule has 0 aliphatic rings. The van der Waals surface area contributed by atoms with Crippen molar-refractivity contribution in [2.45, 2.75) is 27.2 Å². The van der Waals surface area contributed by atoms with Crippen LogP contribution in [0.1, 0.15) is 30.0 Å². The zero-order valence-corrected chi connectivity index (χ0v) is 7.94. The van der Waals surface area contributed by atoms with Gasteiger partial charge < -0.3 is 0 Å². The van der Waals surface area contributed by atoms with E-state index in [1.165, 1.54) is 16.7 Å². The first kappa shape index (κ1) is 8.87. The molecule has 0 fully saturated rings. The summed E-state index contributed by atoms with van der Waals surface area (Å²) in [4.78, 5) is 0. The summed E-state index contributed by atoms with van der Waals surface area (Å²) in [7, 11) is 0. The van der Waals surface area contributed by atoms with E-state index in [0.717, 1.165) is 6.42 Å². The van der Waals surface area contributed by atoms with Gasteiger partial charge in [0.25, 0.3) is 0 Å². The number of hydrogen-bond acceptors (Lipinski definition) is 0. The third kappa shape index (κ3) is 1.89. The molecule has 0 N–H and O–H groups in total. The summed E-state index contributed by atoms with van der Waals surface area (Å²) in [6.45, 7) is 6.28. The number of benzene rings is 1. The minimum atomic E-state index is 0.924. The van der Waals surface area contributed by atoms with Crippen molar-refractivity contribution in [2.75, 3.05) is 0 Å². The molecular weight excluding hydrogens is 144 g/mol. The van der Waals surface area contributed by atoms with Crippen molar-refractivity contribution >= 4 is 0 Å². The summed E-state index contributed by atoms with van der Waals surface area (Å²) in [6, 6.07) is 6.28. The van der Waals surface area contributed by atoms with E-state index in [-0.39, 0.29) is 0 Å². The van der Waals surface area contributed by atoms with Gasteiger partial charge in [0.05, 0.1) is 0 Å². The van der Waals surface area contributed by atoms with Gasteiger partial charge in [0.2, 0.25) is 0 Å². The van der Waals surface area contributed by atoms with Gasteiger partial charge in [-0.2, -0.15) is 0 Å². The lowest BCUT2D eigenvalue weighted by molar-refractivity contribution is 1.27. The minimum absolute atomic E-state index is 0.924. The van der Waals surface area contributed by atoms with E-state index >= 15 is 0 Å². The molecule has 1 aromatic rings. The molecule has 0 unspecified atom stereocenters. The van der Waals surface area contributed by atoms with E-state index in [2.05, 4.69) is 50.8 Å². The Labute approximate surface area is 74.6 Å². The molecular formula is C12H14. The van der Waals surface area contributed by atoms with Crippen LogP contribution in [0, 0.1) is 25.7 Å². The lowest BCUT2D eigenvalue weighted by Gasteiger charge is -2.00. The maximum Gasteiger partial charge on any atom is 0.0303 e. The van der Waals surface area contributed by atoms with Crippen LogP contribution < -0.4 is 0 Å². The Morgan fingerprint density at radius 1 is 1.17 bits per heavy atom. The van der Waals surface area contributed by atoms with Crippen molar-refractivity contribution in [3.05, 3.63) is 34.9 Å². The van der Waals surface area contributed by atoms with Crippen LogP contribution in [0.25, 0.3) is 0 Å². The van der Waals surface area contributed by atoms with Gasteiger partial charge in [-0.15, -0.1) is 0 Å². The predicted octanol–water partition coefficient (Wildman–Crippen LogP) is 3.06. The van der Waals surface area contributed by atoms with Crippen molar-refractivity contribution in [3.63, 3.8) is 0 Å². The fourth-order valence-corrected chi connectivity index (χ4v) is 1.19. The van der Waals surface area contributed by atoms with Crippen LogP contribution in [0.2, 0.25) is 0 Å². The molecule has 0 radical (unpaired) electrons. The number of aryl methyl sites for hydroxylation is 2. The first-order valence-corrected chi connectivity index (χ1v) is 4.30. The molecule has 0 saturated carbocycles. The largest absolute Gasteiger partial charge is 0.0982 e. The van der Waals surface area contributed by atoms with Crippen LogP contribution in [0.4, 0.5) is 0 Å². The van der Waals surface area contributed by atoms with Gasteiger partial charge in [-0.3, -0.25) is 0 Å². The molecule has 0 aliphatic heterocycles. The highest BCUT2D eigenvalue weighted by Gasteiger charge is 1.96. The molecule has 1 aromatic carbocycles. The van der Waals surface area contributed by atoms with Gasteiger partial charge >= 0.3 is 0 Å². The Morgan fingerprint density at radius 3 is 2.25 bits per heavy atom. The summed E-state index contributed by atoms with van der Waals surface area (Å²) in [5, 5.41) is 0. The maximum atomic E-state index is 3.18. The molecule has 0 aliphatic carbocycles. The second-order valence-electron chi connectivity index (χ2n) is 2.92. The average Bonchev–Trinajstić information content (AvgIpc) is 2.04.